The molecule has 0 aromatic rings. The SMILES string of the molecule is CC1(C)[C@H]2CC[C@@H](CNCCNC34CC5CC(CC(C5)C3)C4)[C@@H]1C2. The molecule has 2 heteroatoms. The number of hydrogen-bond acceptors (Lipinski definition) is 2. The zero-order valence-electron chi connectivity index (χ0n) is 15.9. The Morgan fingerprint density at radius 2 is 1.50 bits per heavy atom. The molecule has 7 aliphatic carbocycles. The maximum absolute atomic E-state index is 4.04. The molecule has 0 aromatic heterocycles. The molecular formula is C22H38N2. The molecule has 136 valence electrons. The van der Waals surface area contributed by atoms with Gasteiger partial charge < -0.3 is 10.6 Å². The lowest BCUT2D eigenvalue weighted by Crippen LogP contribution is -2.59. The molecule has 6 bridgehead atoms. The van der Waals surface area contributed by atoms with Crippen molar-refractivity contribution in [2.45, 2.75) is 77.2 Å². The van der Waals surface area contributed by atoms with Crippen LogP contribution in [-0.4, -0.2) is 25.2 Å². The van der Waals surface area contributed by atoms with Gasteiger partial charge in [0.15, 0.2) is 0 Å². The number of nitrogens with one attached hydrogen (secondary N) is 2. The molecule has 0 aromatic carbocycles. The molecule has 7 rings (SSSR count). The first-order valence-electron chi connectivity index (χ1n) is 11.0. The second-order valence-electron chi connectivity index (χ2n) is 11.0. The Morgan fingerprint density at radius 1 is 0.833 bits per heavy atom. The van der Waals surface area contributed by atoms with Crippen molar-refractivity contribution in [3.63, 3.8) is 0 Å². The van der Waals surface area contributed by atoms with Gasteiger partial charge >= 0.3 is 0 Å². The molecule has 7 aliphatic rings. The topological polar surface area (TPSA) is 24.1 Å². The molecule has 0 amide bonds. The molecule has 0 aliphatic heterocycles. The predicted octanol–water partition coefficient (Wildman–Crippen LogP) is 4.21. The average molecular weight is 331 g/mol. The maximum atomic E-state index is 4.04. The lowest BCUT2D eigenvalue weighted by atomic mass is 9.45. The quantitative estimate of drug-likeness (QED) is 0.713. The number of hydrogen-bond donors (Lipinski definition) is 2. The summed E-state index contributed by atoms with van der Waals surface area (Å²) in [6, 6.07) is 0. The molecule has 0 radical (unpaired) electrons. The lowest BCUT2D eigenvalue weighted by Gasteiger charge is -2.60. The van der Waals surface area contributed by atoms with Crippen molar-refractivity contribution in [2.75, 3.05) is 19.6 Å². The highest BCUT2D eigenvalue weighted by Gasteiger charge is 2.54. The molecule has 2 N–H and O–H groups in total. The van der Waals surface area contributed by atoms with E-state index < -0.39 is 0 Å². The van der Waals surface area contributed by atoms with Crippen LogP contribution in [0, 0.1) is 40.9 Å². The highest BCUT2D eigenvalue weighted by molar-refractivity contribution is 5.06. The van der Waals surface area contributed by atoms with Gasteiger partial charge in [-0.15, -0.1) is 0 Å². The van der Waals surface area contributed by atoms with Crippen molar-refractivity contribution in [1.29, 1.82) is 0 Å². The van der Waals surface area contributed by atoms with Gasteiger partial charge in [0.25, 0.3) is 0 Å². The van der Waals surface area contributed by atoms with E-state index >= 15 is 0 Å². The van der Waals surface area contributed by atoms with Crippen molar-refractivity contribution in [3.05, 3.63) is 0 Å². The molecule has 24 heavy (non-hydrogen) atoms. The summed E-state index contributed by atoms with van der Waals surface area (Å²) in [4.78, 5) is 0. The minimum absolute atomic E-state index is 0.546. The summed E-state index contributed by atoms with van der Waals surface area (Å²) in [6.07, 6.45) is 13.6. The van der Waals surface area contributed by atoms with Gasteiger partial charge in [-0.1, -0.05) is 13.8 Å². The summed E-state index contributed by atoms with van der Waals surface area (Å²) < 4.78 is 0. The molecule has 0 saturated heterocycles. The monoisotopic (exact) mass is 330 g/mol. The fourth-order valence-electron chi connectivity index (χ4n) is 8.24. The number of rotatable bonds is 6. The summed E-state index contributed by atoms with van der Waals surface area (Å²) in [7, 11) is 0. The highest BCUT2D eigenvalue weighted by Crippen LogP contribution is 2.61. The van der Waals surface area contributed by atoms with Crippen LogP contribution in [0.3, 0.4) is 0 Å². The fraction of sp³-hybridized carbons (Fsp3) is 1.00. The zero-order chi connectivity index (χ0) is 16.4. The van der Waals surface area contributed by atoms with Gasteiger partial charge in [0.1, 0.15) is 0 Å². The van der Waals surface area contributed by atoms with E-state index in [0.717, 1.165) is 35.5 Å². The number of fused-ring (bicyclic) bond motifs is 2. The molecule has 3 atom stereocenters. The van der Waals surface area contributed by atoms with Crippen molar-refractivity contribution in [1.82, 2.24) is 10.6 Å². The van der Waals surface area contributed by atoms with Crippen LogP contribution in [0.25, 0.3) is 0 Å². The van der Waals surface area contributed by atoms with Gasteiger partial charge in [0.2, 0.25) is 0 Å². The molecule has 2 nitrogen and oxygen atoms in total. The minimum Gasteiger partial charge on any atom is -0.315 e. The Labute approximate surface area is 148 Å². The Kier molecular flexibility index (Phi) is 3.83. The molecule has 7 saturated carbocycles. The van der Waals surface area contributed by atoms with Gasteiger partial charge in [0, 0.05) is 18.6 Å². The van der Waals surface area contributed by atoms with Crippen LogP contribution in [-0.2, 0) is 0 Å². The highest BCUT2D eigenvalue weighted by atomic mass is 15.0. The smallest absolute Gasteiger partial charge is 0.0190 e. The second kappa shape index (κ2) is 5.71. The van der Waals surface area contributed by atoms with Crippen LogP contribution in [0.5, 0.6) is 0 Å². The van der Waals surface area contributed by atoms with Crippen molar-refractivity contribution >= 4 is 0 Å². The molecular weight excluding hydrogens is 292 g/mol. The van der Waals surface area contributed by atoms with Gasteiger partial charge in [0.05, 0.1) is 0 Å². The van der Waals surface area contributed by atoms with Crippen LogP contribution in [0.4, 0.5) is 0 Å². The van der Waals surface area contributed by atoms with Crippen LogP contribution < -0.4 is 10.6 Å². The molecule has 0 heterocycles. The van der Waals surface area contributed by atoms with E-state index in [9.17, 15) is 0 Å². The summed E-state index contributed by atoms with van der Waals surface area (Å²) >= 11 is 0. The molecule has 7 fully saturated rings. The van der Waals surface area contributed by atoms with E-state index in [0.29, 0.717) is 11.0 Å². The van der Waals surface area contributed by atoms with E-state index in [-0.39, 0.29) is 0 Å². The van der Waals surface area contributed by atoms with E-state index in [1.165, 1.54) is 58.2 Å². The lowest BCUT2D eigenvalue weighted by molar-refractivity contribution is -0.103. The summed E-state index contributed by atoms with van der Waals surface area (Å²) in [5.41, 5.74) is 1.19. The third-order valence-corrected chi connectivity index (χ3v) is 9.25. The van der Waals surface area contributed by atoms with Gasteiger partial charge in [-0.3, -0.25) is 0 Å². The van der Waals surface area contributed by atoms with Crippen LogP contribution in [0.15, 0.2) is 0 Å². The minimum atomic E-state index is 0.546. The van der Waals surface area contributed by atoms with Gasteiger partial charge in [-0.2, -0.15) is 0 Å². The Morgan fingerprint density at radius 3 is 2.08 bits per heavy atom. The summed E-state index contributed by atoms with van der Waals surface area (Å²) in [6.45, 7) is 8.67. The van der Waals surface area contributed by atoms with Crippen molar-refractivity contribution < 1.29 is 0 Å². The predicted molar refractivity (Wildman–Crippen MR) is 99.9 cm³/mol. The average Bonchev–Trinajstić information content (AvgIpc) is 2.53. The Balaban J connectivity index is 1.06. The first-order chi connectivity index (χ1) is 11.5. The second-order valence-corrected chi connectivity index (χ2v) is 11.0. The van der Waals surface area contributed by atoms with E-state index in [1.807, 2.05) is 0 Å². The summed E-state index contributed by atoms with van der Waals surface area (Å²) in [5, 5.41) is 7.86. The van der Waals surface area contributed by atoms with E-state index in [1.54, 1.807) is 19.3 Å². The Bertz CT molecular complexity index is 445. The largest absolute Gasteiger partial charge is 0.315 e. The standard InChI is InChI=1S/C22H38N2/c1-21(2)19-4-3-18(20(21)10-19)14-23-5-6-24-22-11-15-7-16(12-22)9-17(8-15)13-22/h15-20,23-24H,3-14H2,1-2H3/t15?,16?,17?,18-,19-,20-,22?/m0/s1. The van der Waals surface area contributed by atoms with Crippen LogP contribution in [0.1, 0.15) is 71.6 Å². The van der Waals surface area contributed by atoms with E-state index in [4.69, 9.17) is 0 Å². The zero-order valence-corrected chi connectivity index (χ0v) is 15.9. The van der Waals surface area contributed by atoms with Crippen LogP contribution >= 0.6 is 0 Å². The molecule has 0 unspecified atom stereocenters. The third kappa shape index (κ3) is 2.58. The van der Waals surface area contributed by atoms with Crippen molar-refractivity contribution in [3.8, 4) is 0 Å². The van der Waals surface area contributed by atoms with Crippen molar-refractivity contribution in [2.24, 2.45) is 40.9 Å². The van der Waals surface area contributed by atoms with Gasteiger partial charge in [-0.25, -0.2) is 0 Å². The first kappa shape index (κ1) is 16.1. The van der Waals surface area contributed by atoms with Gasteiger partial charge in [-0.05, 0) is 105 Å². The fourth-order valence-corrected chi connectivity index (χ4v) is 8.24. The van der Waals surface area contributed by atoms with E-state index in [2.05, 4.69) is 24.5 Å². The first-order valence-corrected chi connectivity index (χ1v) is 11.0. The maximum Gasteiger partial charge on any atom is 0.0190 e. The van der Waals surface area contributed by atoms with Crippen LogP contribution in [0.2, 0.25) is 0 Å². The Hall–Kier alpha value is -0.0800. The summed E-state index contributed by atoms with van der Waals surface area (Å²) in [5.74, 6) is 6.18. The third-order valence-electron chi connectivity index (χ3n) is 9.25. The molecule has 0 spiro atoms. The normalized spacial score (nSPS) is 50.8.